The van der Waals surface area contributed by atoms with Gasteiger partial charge in [0.05, 0.1) is 15.7 Å². The summed E-state index contributed by atoms with van der Waals surface area (Å²) in [6.07, 6.45) is 5.80. The normalized spacial score (nSPS) is 17.1. The molecule has 0 radical (unpaired) electrons. The number of primary amides is 1. The van der Waals surface area contributed by atoms with E-state index in [2.05, 4.69) is 0 Å². The van der Waals surface area contributed by atoms with Gasteiger partial charge in [-0.15, -0.1) is 11.3 Å². The Hall–Kier alpha value is -1.46. The number of amides is 1. The molecule has 1 aliphatic rings. The van der Waals surface area contributed by atoms with E-state index in [4.69, 9.17) is 5.73 Å². The molecule has 3 nitrogen and oxygen atoms in total. The van der Waals surface area contributed by atoms with E-state index >= 15 is 0 Å². The Bertz CT molecular complexity index is 728. The summed E-state index contributed by atoms with van der Waals surface area (Å²) < 4.78 is 12.7. The maximum atomic E-state index is 12.7. The summed E-state index contributed by atoms with van der Waals surface area (Å²) in [6.45, 7) is 1.98. The van der Waals surface area contributed by atoms with E-state index in [1.807, 2.05) is 37.3 Å². The predicted octanol–water partition coefficient (Wildman–Crippen LogP) is 4.26. The lowest BCUT2D eigenvalue weighted by atomic mass is 10.0. The molecule has 23 heavy (non-hydrogen) atoms. The number of hydrogen-bond donors (Lipinski definition) is 1. The van der Waals surface area contributed by atoms with Gasteiger partial charge in [0.1, 0.15) is 0 Å². The van der Waals surface area contributed by atoms with E-state index in [-0.39, 0.29) is 5.91 Å². The summed E-state index contributed by atoms with van der Waals surface area (Å²) in [4.78, 5) is 13.8. The number of carbonyl (C=O) groups excluding carboxylic acids is 1. The number of benzene rings is 1. The lowest BCUT2D eigenvalue weighted by Gasteiger charge is -2.20. The molecule has 2 aromatic rings. The van der Waals surface area contributed by atoms with E-state index in [1.165, 1.54) is 30.6 Å². The zero-order valence-electron chi connectivity index (χ0n) is 13.2. The lowest BCUT2D eigenvalue weighted by molar-refractivity contribution is 0.100. The molecule has 5 heteroatoms. The summed E-state index contributed by atoms with van der Waals surface area (Å²) in [7, 11) is -0.913. The lowest BCUT2D eigenvalue weighted by Crippen LogP contribution is -2.18. The van der Waals surface area contributed by atoms with Crippen LogP contribution in [0.3, 0.4) is 0 Å². The number of carbonyl (C=O) groups is 1. The number of rotatable bonds is 4. The number of nitrogens with two attached hydrogens (primary N) is 1. The maximum absolute atomic E-state index is 12.7. The zero-order valence-corrected chi connectivity index (χ0v) is 14.8. The number of thiophene rings is 1. The van der Waals surface area contributed by atoms with Crippen molar-refractivity contribution in [2.45, 2.75) is 49.2 Å². The van der Waals surface area contributed by atoms with Gasteiger partial charge in [-0.2, -0.15) is 0 Å². The largest absolute Gasteiger partial charge is 0.365 e. The Kier molecular flexibility index (Phi) is 4.97. The molecule has 1 saturated carbocycles. The van der Waals surface area contributed by atoms with E-state index < -0.39 is 10.8 Å². The Morgan fingerprint density at radius 3 is 2.39 bits per heavy atom. The van der Waals surface area contributed by atoms with Crippen molar-refractivity contribution in [3.8, 4) is 10.4 Å². The molecule has 1 atom stereocenters. The molecule has 3 rings (SSSR count). The highest BCUT2D eigenvalue weighted by molar-refractivity contribution is 7.85. The van der Waals surface area contributed by atoms with Crippen LogP contribution in [0.2, 0.25) is 0 Å². The fraction of sp³-hybridized carbons (Fsp3) is 0.389. The van der Waals surface area contributed by atoms with Gasteiger partial charge in [-0.3, -0.25) is 9.00 Å². The van der Waals surface area contributed by atoms with Crippen LogP contribution in [-0.2, 0) is 10.8 Å². The molecular weight excluding hydrogens is 326 g/mol. The van der Waals surface area contributed by atoms with Crippen molar-refractivity contribution in [1.82, 2.24) is 0 Å². The molecule has 1 aromatic heterocycles. The highest BCUT2D eigenvalue weighted by Gasteiger charge is 2.21. The molecule has 1 aliphatic carbocycles. The first kappa shape index (κ1) is 16.4. The minimum Gasteiger partial charge on any atom is -0.365 e. The van der Waals surface area contributed by atoms with Crippen LogP contribution in [0.4, 0.5) is 0 Å². The standard InChI is InChI=1S/C18H21NO2S2/c1-12-11-16(18(19)20)22-17(12)13-7-9-15(10-8-13)23(21)14-5-3-2-4-6-14/h7-11,14H,2-6H2,1H3,(H2,19,20). The maximum Gasteiger partial charge on any atom is 0.258 e. The van der Waals surface area contributed by atoms with Crippen LogP contribution in [0.1, 0.15) is 47.3 Å². The van der Waals surface area contributed by atoms with Crippen LogP contribution in [0, 0.1) is 6.92 Å². The van der Waals surface area contributed by atoms with Crippen molar-refractivity contribution >= 4 is 28.0 Å². The van der Waals surface area contributed by atoms with Gasteiger partial charge in [0.25, 0.3) is 5.91 Å². The van der Waals surface area contributed by atoms with E-state index in [0.717, 1.165) is 33.7 Å². The number of hydrogen-bond acceptors (Lipinski definition) is 3. The Morgan fingerprint density at radius 2 is 1.83 bits per heavy atom. The predicted molar refractivity (Wildman–Crippen MR) is 96.3 cm³/mol. The molecule has 1 amide bonds. The van der Waals surface area contributed by atoms with Gasteiger partial charge >= 0.3 is 0 Å². The molecule has 0 saturated heterocycles. The van der Waals surface area contributed by atoms with Gasteiger partial charge < -0.3 is 5.73 Å². The Balaban J connectivity index is 1.81. The van der Waals surface area contributed by atoms with Crippen molar-refractivity contribution in [3.05, 3.63) is 40.8 Å². The van der Waals surface area contributed by atoms with E-state index in [1.54, 1.807) is 0 Å². The Morgan fingerprint density at radius 1 is 1.17 bits per heavy atom. The minimum atomic E-state index is -0.913. The third kappa shape index (κ3) is 3.56. The van der Waals surface area contributed by atoms with Gasteiger partial charge in [-0.05, 0) is 49.1 Å². The van der Waals surface area contributed by atoms with Crippen LogP contribution in [0.25, 0.3) is 10.4 Å². The molecule has 1 unspecified atom stereocenters. The molecule has 0 bridgehead atoms. The van der Waals surface area contributed by atoms with Gasteiger partial charge in [0.2, 0.25) is 0 Å². The van der Waals surface area contributed by atoms with Crippen molar-refractivity contribution in [1.29, 1.82) is 0 Å². The second-order valence-electron chi connectivity index (χ2n) is 6.07. The highest BCUT2D eigenvalue weighted by atomic mass is 32.2. The van der Waals surface area contributed by atoms with E-state index in [0.29, 0.717) is 10.1 Å². The van der Waals surface area contributed by atoms with Gasteiger partial charge in [0.15, 0.2) is 0 Å². The molecule has 122 valence electrons. The topological polar surface area (TPSA) is 60.2 Å². The molecular formula is C18H21NO2S2. The van der Waals surface area contributed by atoms with E-state index in [9.17, 15) is 9.00 Å². The summed E-state index contributed by atoms with van der Waals surface area (Å²) in [5.41, 5.74) is 7.44. The average molecular weight is 348 g/mol. The van der Waals surface area contributed by atoms with Gasteiger partial charge in [-0.1, -0.05) is 31.4 Å². The van der Waals surface area contributed by atoms with Crippen LogP contribution in [0.15, 0.2) is 35.2 Å². The molecule has 0 aliphatic heterocycles. The van der Waals surface area contributed by atoms with Gasteiger partial charge in [0, 0.05) is 15.0 Å². The molecule has 0 spiro atoms. The summed E-state index contributed by atoms with van der Waals surface area (Å²) in [6, 6.07) is 9.75. The number of aryl methyl sites for hydroxylation is 1. The van der Waals surface area contributed by atoms with Crippen LogP contribution >= 0.6 is 11.3 Å². The monoisotopic (exact) mass is 347 g/mol. The van der Waals surface area contributed by atoms with Crippen molar-refractivity contribution < 1.29 is 9.00 Å². The first-order valence-electron chi connectivity index (χ1n) is 7.97. The second-order valence-corrected chi connectivity index (χ2v) is 8.85. The summed E-state index contributed by atoms with van der Waals surface area (Å²) in [5.74, 6) is -0.389. The van der Waals surface area contributed by atoms with Crippen molar-refractivity contribution in [2.24, 2.45) is 5.73 Å². The minimum absolute atomic E-state index is 0.305. The third-order valence-electron chi connectivity index (χ3n) is 4.36. The zero-order chi connectivity index (χ0) is 16.4. The fourth-order valence-electron chi connectivity index (χ4n) is 3.10. The SMILES string of the molecule is Cc1cc(C(N)=O)sc1-c1ccc(S(=O)C2CCCCC2)cc1. The second kappa shape index (κ2) is 6.97. The molecule has 1 heterocycles. The third-order valence-corrected chi connectivity index (χ3v) is 7.48. The van der Waals surface area contributed by atoms with Gasteiger partial charge in [-0.25, -0.2) is 0 Å². The first-order valence-corrected chi connectivity index (χ1v) is 10.0. The van der Waals surface area contributed by atoms with Crippen LogP contribution in [-0.4, -0.2) is 15.4 Å². The quantitative estimate of drug-likeness (QED) is 0.898. The summed E-state index contributed by atoms with van der Waals surface area (Å²) in [5, 5.41) is 0.305. The fourth-order valence-corrected chi connectivity index (χ4v) is 5.68. The van der Waals surface area contributed by atoms with Crippen LogP contribution in [0.5, 0.6) is 0 Å². The van der Waals surface area contributed by atoms with Crippen molar-refractivity contribution in [3.63, 3.8) is 0 Å². The highest BCUT2D eigenvalue weighted by Crippen LogP contribution is 2.33. The molecule has 1 aromatic carbocycles. The first-order chi connectivity index (χ1) is 11.1. The smallest absolute Gasteiger partial charge is 0.258 e. The molecule has 1 fully saturated rings. The van der Waals surface area contributed by atoms with Crippen LogP contribution < -0.4 is 5.73 Å². The van der Waals surface area contributed by atoms with Crippen molar-refractivity contribution in [2.75, 3.05) is 0 Å². The average Bonchev–Trinajstić information content (AvgIpc) is 2.97. The summed E-state index contributed by atoms with van der Waals surface area (Å²) >= 11 is 1.41. The Labute approximate surface area is 143 Å². The molecule has 2 N–H and O–H groups in total.